The molecule has 0 atom stereocenters. The maximum absolute atomic E-state index is 13.7. The number of anilines is 1. The van der Waals surface area contributed by atoms with E-state index in [1.54, 1.807) is 12.1 Å². The third-order valence-electron chi connectivity index (χ3n) is 6.34. The highest BCUT2D eigenvalue weighted by atomic mass is 16.8. The number of ether oxygens (including phenoxy) is 1. The van der Waals surface area contributed by atoms with Gasteiger partial charge in [0.15, 0.2) is 12.8 Å². The Morgan fingerprint density at radius 1 is 1.00 bits per heavy atom. The van der Waals surface area contributed by atoms with Crippen molar-refractivity contribution in [1.29, 1.82) is 0 Å². The molecule has 1 saturated heterocycles. The summed E-state index contributed by atoms with van der Waals surface area (Å²) in [6.07, 6.45) is 0.885. The predicted octanol–water partition coefficient (Wildman–Crippen LogP) is 4.42. The van der Waals surface area contributed by atoms with Crippen molar-refractivity contribution in [3.63, 3.8) is 0 Å². The maximum atomic E-state index is 13.7. The molecular weight excluding hydrogens is 444 g/mol. The standard InChI is InChI=1S/C27H27N4O4/c1-3-19-7-6-8-20(17-19)26-22-9-4-5-10-23(22)27(32)30(28-26)25-18-21(29-13-15-35-16-14-29)11-12-24(25)31(33)34-2/h4-12,17-18H,3,13-16H2,1-2H3/q+1. The largest absolute Gasteiger partial charge is 0.378 e. The number of fused-ring (bicyclic) bond motifs is 1. The van der Waals surface area contributed by atoms with Gasteiger partial charge in [0.2, 0.25) is 0 Å². The van der Waals surface area contributed by atoms with Crippen LogP contribution in [0.3, 0.4) is 0 Å². The van der Waals surface area contributed by atoms with Crippen molar-refractivity contribution in [3.8, 4) is 16.9 Å². The van der Waals surface area contributed by atoms with Crippen molar-refractivity contribution in [1.82, 2.24) is 9.78 Å². The summed E-state index contributed by atoms with van der Waals surface area (Å²) in [5.74, 6) is 0. The normalized spacial score (nSPS) is 13.7. The molecule has 8 heteroatoms. The second kappa shape index (κ2) is 9.68. The van der Waals surface area contributed by atoms with E-state index in [9.17, 15) is 9.70 Å². The fourth-order valence-electron chi connectivity index (χ4n) is 4.46. The monoisotopic (exact) mass is 471 g/mol. The topological polar surface area (TPSA) is 76.7 Å². The average Bonchev–Trinajstić information content (AvgIpc) is 2.93. The van der Waals surface area contributed by atoms with Crippen LogP contribution in [0.2, 0.25) is 0 Å². The van der Waals surface area contributed by atoms with E-state index in [-0.39, 0.29) is 11.2 Å². The van der Waals surface area contributed by atoms with Crippen LogP contribution in [0.1, 0.15) is 12.5 Å². The van der Waals surface area contributed by atoms with Crippen LogP contribution < -0.4 is 10.5 Å². The molecular formula is C27H27N4O4+. The summed E-state index contributed by atoms with van der Waals surface area (Å²) in [4.78, 5) is 33.8. The molecule has 0 bridgehead atoms. The molecule has 1 aliphatic rings. The molecule has 178 valence electrons. The van der Waals surface area contributed by atoms with Gasteiger partial charge in [0, 0.05) is 35.8 Å². The van der Waals surface area contributed by atoms with Crippen molar-refractivity contribution in [2.45, 2.75) is 13.3 Å². The van der Waals surface area contributed by atoms with E-state index in [1.807, 2.05) is 42.5 Å². The summed E-state index contributed by atoms with van der Waals surface area (Å²) >= 11 is 0. The van der Waals surface area contributed by atoms with E-state index < -0.39 is 0 Å². The molecule has 4 aromatic rings. The SMILES string of the molecule is CCc1cccc(-c2nn(-c3cc(N4CCOCC4)ccc3[N+](=O)OC)c(=O)c3ccccc23)c1. The van der Waals surface area contributed by atoms with Crippen LogP contribution in [0.4, 0.5) is 11.4 Å². The third kappa shape index (κ3) is 4.28. The Hall–Kier alpha value is -4.04. The van der Waals surface area contributed by atoms with Crippen molar-refractivity contribution in [3.05, 3.63) is 87.6 Å². The van der Waals surface area contributed by atoms with Gasteiger partial charge in [0.25, 0.3) is 10.5 Å². The van der Waals surface area contributed by atoms with Crippen molar-refractivity contribution in [2.24, 2.45) is 0 Å². The van der Waals surface area contributed by atoms with Crippen molar-refractivity contribution < 1.29 is 14.5 Å². The lowest BCUT2D eigenvalue weighted by Gasteiger charge is -2.29. The Balaban J connectivity index is 1.78. The summed E-state index contributed by atoms with van der Waals surface area (Å²) in [7, 11) is 1.30. The Morgan fingerprint density at radius 3 is 2.51 bits per heavy atom. The molecule has 0 saturated carbocycles. The highest BCUT2D eigenvalue weighted by Crippen LogP contribution is 2.31. The van der Waals surface area contributed by atoms with Crippen LogP contribution in [0.15, 0.2) is 71.5 Å². The molecule has 0 aliphatic carbocycles. The first-order valence-corrected chi connectivity index (χ1v) is 11.7. The molecule has 0 unspecified atom stereocenters. The zero-order valence-corrected chi connectivity index (χ0v) is 19.8. The second-order valence-electron chi connectivity index (χ2n) is 8.38. The minimum atomic E-state index is -0.305. The lowest BCUT2D eigenvalue weighted by atomic mass is 10.0. The van der Waals surface area contributed by atoms with Crippen LogP contribution >= 0.6 is 0 Å². The van der Waals surface area contributed by atoms with E-state index >= 15 is 0 Å². The van der Waals surface area contributed by atoms with Gasteiger partial charge in [0.05, 0.1) is 29.2 Å². The zero-order valence-electron chi connectivity index (χ0n) is 19.8. The summed E-state index contributed by atoms with van der Waals surface area (Å²) in [5, 5.41) is 6.11. The molecule has 8 nitrogen and oxygen atoms in total. The number of nitrogens with zero attached hydrogens (tertiary/aromatic N) is 4. The maximum Gasteiger partial charge on any atom is 0.342 e. The van der Waals surface area contributed by atoms with Gasteiger partial charge in [-0.2, -0.15) is 9.78 Å². The lowest BCUT2D eigenvalue weighted by molar-refractivity contribution is -0.736. The molecule has 1 aromatic heterocycles. The Labute approximate surface area is 202 Å². The molecule has 0 spiro atoms. The summed E-state index contributed by atoms with van der Waals surface area (Å²) < 4.78 is 6.80. The molecule has 0 amide bonds. The van der Waals surface area contributed by atoms with Gasteiger partial charge in [-0.05, 0) is 36.2 Å². The van der Waals surface area contributed by atoms with E-state index in [0.29, 0.717) is 34.9 Å². The number of hydrogen-bond acceptors (Lipinski definition) is 6. The quantitative estimate of drug-likeness (QED) is 0.388. The summed E-state index contributed by atoms with van der Waals surface area (Å²) in [6.45, 7) is 4.78. The zero-order chi connectivity index (χ0) is 24.4. The van der Waals surface area contributed by atoms with Gasteiger partial charge < -0.3 is 9.64 Å². The lowest BCUT2D eigenvalue weighted by Crippen LogP contribution is -2.36. The molecule has 2 heterocycles. The first-order chi connectivity index (χ1) is 17.1. The van der Waals surface area contributed by atoms with E-state index in [2.05, 4.69) is 24.0 Å². The number of benzene rings is 3. The highest BCUT2D eigenvalue weighted by molar-refractivity contribution is 5.94. The molecule has 1 fully saturated rings. The molecule has 5 rings (SSSR count). The summed E-state index contributed by atoms with van der Waals surface area (Å²) in [6, 6.07) is 20.9. The highest BCUT2D eigenvalue weighted by Gasteiger charge is 2.27. The number of hydrogen-bond donors (Lipinski definition) is 0. The van der Waals surface area contributed by atoms with Gasteiger partial charge in [-0.3, -0.25) is 4.79 Å². The number of morpholine rings is 1. The van der Waals surface area contributed by atoms with Crippen LogP contribution in [-0.4, -0.2) is 48.1 Å². The van der Waals surface area contributed by atoms with Gasteiger partial charge in [-0.1, -0.05) is 43.3 Å². The van der Waals surface area contributed by atoms with Crippen molar-refractivity contribution in [2.75, 3.05) is 38.3 Å². The fraction of sp³-hybridized carbons (Fsp3) is 0.259. The smallest absolute Gasteiger partial charge is 0.342 e. The van der Waals surface area contributed by atoms with Crippen LogP contribution in [-0.2, 0) is 16.0 Å². The molecule has 1 aliphatic heterocycles. The van der Waals surface area contributed by atoms with Gasteiger partial charge in [-0.15, -0.1) is 0 Å². The fourth-order valence-corrected chi connectivity index (χ4v) is 4.46. The van der Waals surface area contributed by atoms with Gasteiger partial charge in [-0.25, -0.2) is 4.84 Å². The third-order valence-corrected chi connectivity index (χ3v) is 6.34. The predicted molar refractivity (Wildman–Crippen MR) is 135 cm³/mol. The molecule has 0 radical (unpaired) electrons. The minimum Gasteiger partial charge on any atom is -0.378 e. The first-order valence-electron chi connectivity index (χ1n) is 11.7. The van der Waals surface area contributed by atoms with Crippen LogP contribution in [0.25, 0.3) is 27.7 Å². The number of rotatable bonds is 6. The number of aromatic nitrogens is 2. The Kier molecular flexibility index (Phi) is 6.29. The summed E-state index contributed by atoms with van der Waals surface area (Å²) in [5.41, 5.74) is 3.89. The Morgan fingerprint density at radius 2 is 1.77 bits per heavy atom. The molecule has 0 N–H and O–H groups in total. The van der Waals surface area contributed by atoms with Crippen LogP contribution in [0, 0.1) is 4.91 Å². The van der Waals surface area contributed by atoms with E-state index in [4.69, 9.17) is 14.7 Å². The van der Waals surface area contributed by atoms with Gasteiger partial charge in [0.1, 0.15) is 0 Å². The minimum absolute atomic E-state index is 0.197. The average molecular weight is 472 g/mol. The van der Waals surface area contributed by atoms with Crippen LogP contribution in [0.5, 0.6) is 0 Å². The van der Waals surface area contributed by atoms with E-state index in [1.165, 1.54) is 17.4 Å². The molecule has 35 heavy (non-hydrogen) atoms. The Bertz CT molecular complexity index is 1460. The number of aryl methyl sites for hydroxylation is 1. The van der Waals surface area contributed by atoms with Gasteiger partial charge >= 0.3 is 5.69 Å². The second-order valence-corrected chi connectivity index (χ2v) is 8.38. The van der Waals surface area contributed by atoms with E-state index in [0.717, 1.165) is 36.1 Å². The first kappa shape index (κ1) is 22.7. The van der Waals surface area contributed by atoms with Crippen molar-refractivity contribution >= 4 is 22.1 Å². The molecule has 3 aromatic carbocycles.